The van der Waals surface area contributed by atoms with E-state index in [0.29, 0.717) is 22.0 Å². The maximum Gasteiger partial charge on any atom is 0.416 e. The number of nitrogens with zero attached hydrogens (tertiary/aromatic N) is 2. The molecule has 4 rings (SSSR count). The van der Waals surface area contributed by atoms with Crippen LogP contribution in [0.2, 0.25) is 0 Å². The van der Waals surface area contributed by atoms with E-state index in [-0.39, 0.29) is 23.7 Å². The number of anilines is 1. The number of benzene rings is 2. The maximum absolute atomic E-state index is 13.5. The number of aliphatic hydroxyl groups excluding tert-OH is 1. The molecule has 2 heterocycles. The van der Waals surface area contributed by atoms with Crippen LogP contribution in [0.4, 0.5) is 23.2 Å². The first-order valence-corrected chi connectivity index (χ1v) is 9.29. The molecule has 1 aromatic heterocycles. The molecule has 1 aliphatic heterocycles. The van der Waals surface area contributed by atoms with E-state index in [2.05, 4.69) is 4.98 Å². The molecule has 0 bridgehead atoms. The van der Waals surface area contributed by atoms with Crippen molar-refractivity contribution in [3.05, 3.63) is 76.1 Å². The Morgan fingerprint density at radius 1 is 1.10 bits per heavy atom. The van der Waals surface area contributed by atoms with Crippen LogP contribution in [0.3, 0.4) is 0 Å². The maximum atomic E-state index is 13.5. The zero-order chi connectivity index (χ0) is 20.8. The number of rotatable bonds is 3. The molecule has 0 unspecified atom stereocenters. The van der Waals surface area contributed by atoms with Gasteiger partial charge in [-0.2, -0.15) is 13.2 Å². The lowest BCUT2D eigenvalue weighted by atomic mass is 10.1. The fraction of sp³-hybridized carbons (Fsp3) is 0.100. The molecule has 2 aromatic carbocycles. The highest BCUT2D eigenvalue weighted by Crippen LogP contribution is 2.35. The Kier molecular flexibility index (Phi) is 4.62. The summed E-state index contributed by atoms with van der Waals surface area (Å²) in [6, 6.07) is 10.3. The van der Waals surface area contributed by atoms with Crippen LogP contribution in [-0.4, -0.2) is 22.5 Å². The average molecular weight is 419 g/mol. The van der Waals surface area contributed by atoms with Gasteiger partial charge in [-0.1, -0.05) is 18.2 Å². The molecule has 0 saturated carbocycles. The van der Waals surface area contributed by atoms with Crippen molar-refractivity contribution in [2.75, 3.05) is 11.4 Å². The normalized spacial score (nSPS) is 14.8. The van der Waals surface area contributed by atoms with Crippen LogP contribution in [0.1, 0.15) is 10.6 Å². The molecule has 2 N–H and O–H groups in total. The van der Waals surface area contributed by atoms with Gasteiger partial charge in [-0.05, 0) is 30.3 Å². The molecule has 1 aliphatic rings. The molecule has 4 nitrogen and oxygen atoms in total. The van der Waals surface area contributed by atoms with Crippen LogP contribution < -0.4 is 4.90 Å². The smallest absolute Gasteiger partial charge is 0.416 e. The van der Waals surface area contributed by atoms with Gasteiger partial charge >= 0.3 is 6.18 Å². The van der Waals surface area contributed by atoms with Crippen LogP contribution in [0.25, 0.3) is 16.8 Å². The van der Waals surface area contributed by atoms with Crippen molar-refractivity contribution in [2.45, 2.75) is 6.18 Å². The minimum atomic E-state index is -4.42. The fourth-order valence-electron chi connectivity index (χ4n) is 3.02. The van der Waals surface area contributed by atoms with Crippen LogP contribution >= 0.6 is 11.3 Å². The van der Waals surface area contributed by atoms with Gasteiger partial charge in [0.1, 0.15) is 22.4 Å². The zero-order valence-corrected chi connectivity index (χ0v) is 15.5. The number of hydrogen-bond acceptors (Lipinski definition) is 4. The van der Waals surface area contributed by atoms with Gasteiger partial charge in [0, 0.05) is 16.6 Å². The van der Waals surface area contributed by atoms with Gasteiger partial charge in [-0.25, -0.2) is 9.37 Å². The van der Waals surface area contributed by atoms with Crippen molar-refractivity contribution in [1.82, 2.24) is 4.98 Å². The third kappa shape index (κ3) is 3.61. The number of thiazole rings is 1. The van der Waals surface area contributed by atoms with E-state index in [1.807, 2.05) is 0 Å². The van der Waals surface area contributed by atoms with Gasteiger partial charge in [-0.15, -0.1) is 11.3 Å². The van der Waals surface area contributed by atoms with Crippen molar-refractivity contribution in [1.29, 1.82) is 5.41 Å². The van der Waals surface area contributed by atoms with Gasteiger partial charge in [0.15, 0.2) is 0 Å². The minimum Gasteiger partial charge on any atom is -0.510 e. The van der Waals surface area contributed by atoms with Crippen molar-refractivity contribution in [2.24, 2.45) is 0 Å². The van der Waals surface area contributed by atoms with Gasteiger partial charge in [0.2, 0.25) is 0 Å². The summed E-state index contributed by atoms with van der Waals surface area (Å²) in [5.41, 5.74) is 0.831. The molecule has 0 radical (unpaired) electrons. The lowest BCUT2D eigenvalue weighted by molar-refractivity contribution is -0.137. The predicted octanol–water partition coefficient (Wildman–Crippen LogP) is 5.73. The average Bonchev–Trinajstić information content (AvgIpc) is 3.25. The van der Waals surface area contributed by atoms with Gasteiger partial charge in [0.25, 0.3) is 0 Å². The lowest BCUT2D eigenvalue weighted by Gasteiger charge is -2.18. The summed E-state index contributed by atoms with van der Waals surface area (Å²) in [5.74, 6) is -0.559. The third-order valence-corrected chi connectivity index (χ3v) is 5.31. The summed E-state index contributed by atoms with van der Waals surface area (Å²) in [4.78, 5) is 5.83. The van der Waals surface area contributed by atoms with E-state index in [4.69, 9.17) is 5.41 Å². The molecule has 0 spiro atoms. The molecule has 0 amide bonds. The quantitative estimate of drug-likeness (QED) is 0.533. The molecule has 9 heteroatoms. The zero-order valence-electron chi connectivity index (χ0n) is 14.7. The molecule has 0 saturated heterocycles. The number of alkyl halides is 3. The Bertz CT molecular complexity index is 1120. The number of halogens is 4. The number of aromatic nitrogens is 1. The highest BCUT2D eigenvalue weighted by molar-refractivity contribution is 7.11. The van der Waals surface area contributed by atoms with E-state index in [9.17, 15) is 22.7 Å². The molecule has 0 fully saturated rings. The summed E-state index contributed by atoms with van der Waals surface area (Å²) < 4.78 is 51.7. The first-order chi connectivity index (χ1) is 13.7. The second kappa shape index (κ2) is 7.00. The first kappa shape index (κ1) is 19.1. The highest BCUT2D eigenvalue weighted by Gasteiger charge is 2.32. The Hall–Kier alpha value is -3.20. The number of aliphatic hydroxyl groups is 1. The van der Waals surface area contributed by atoms with Crippen molar-refractivity contribution in [3.8, 4) is 11.3 Å². The highest BCUT2D eigenvalue weighted by atomic mass is 32.1. The third-order valence-electron chi connectivity index (χ3n) is 4.45. The van der Waals surface area contributed by atoms with Crippen molar-refractivity contribution in [3.63, 3.8) is 0 Å². The summed E-state index contributed by atoms with van der Waals surface area (Å²) >= 11 is 1.17. The van der Waals surface area contributed by atoms with E-state index in [1.165, 1.54) is 46.6 Å². The Morgan fingerprint density at radius 3 is 2.48 bits per heavy atom. The molecular weight excluding hydrogens is 406 g/mol. The van der Waals surface area contributed by atoms with Crippen LogP contribution in [0.5, 0.6) is 0 Å². The molecule has 148 valence electrons. The van der Waals surface area contributed by atoms with E-state index in [0.717, 1.165) is 12.1 Å². The van der Waals surface area contributed by atoms with Crippen molar-refractivity contribution < 1.29 is 22.7 Å². The van der Waals surface area contributed by atoms with E-state index in [1.54, 1.807) is 11.4 Å². The largest absolute Gasteiger partial charge is 0.510 e. The van der Waals surface area contributed by atoms with Crippen LogP contribution in [-0.2, 0) is 6.18 Å². The Balaban J connectivity index is 1.61. The number of amidine groups is 1. The van der Waals surface area contributed by atoms with E-state index < -0.39 is 17.6 Å². The standard InChI is InChI=1S/C20H13F4N3OS/c21-13-2-1-3-14(8-13)27-9-16(28)17(18(27)25)19-26-15(10-29-19)11-4-6-12(7-5-11)20(22,23)24/h1-8,10,25,28H,9H2. The van der Waals surface area contributed by atoms with Gasteiger partial charge in [-0.3, -0.25) is 5.41 Å². The molecule has 0 atom stereocenters. The van der Waals surface area contributed by atoms with Crippen molar-refractivity contribution >= 4 is 28.4 Å². The second-order valence-corrected chi connectivity index (χ2v) is 7.21. The topological polar surface area (TPSA) is 60.2 Å². The number of nitrogens with one attached hydrogen (secondary N) is 1. The first-order valence-electron chi connectivity index (χ1n) is 8.41. The molecule has 29 heavy (non-hydrogen) atoms. The van der Waals surface area contributed by atoms with Gasteiger partial charge < -0.3 is 10.0 Å². The van der Waals surface area contributed by atoms with Gasteiger partial charge in [0.05, 0.1) is 23.4 Å². The Labute approximate surface area is 166 Å². The monoisotopic (exact) mass is 419 g/mol. The van der Waals surface area contributed by atoms with Crippen LogP contribution in [0, 0.1) is 11.2 Å². The molecule has 0 aliphatic carbocycles. The summed E-state index contributed by atoms with van der Waals surface area (Å²) in [6.07, 6.45) is -4.42. The Morgan fingerprint density at radius 2 is 1.83 bits per heavy atom. The SMILES string of the molecule is N=C1C(c2nc(-c3ccc(C(F)(F)F)cc3)cs2)=C(O)CN1c1cccc(F)c1. The summed E-state index contributed by atoms with van der Waals surface area (Å²) in [5, 5.41) is 20.8. The summed E-state index contributed by atoms with van der Waals surface area (Å²) in [7, 11) is 0. The second-order valence-electron chi connectivity index (χ2n) is 6.35. The summed E-state index contributed by atoms with van der Waals surface area (Å²) in [6.45, 7) is 0.00676. The molecular formula is C20H13F4N3OS. The molecule has 3 aromatic rings. The minimum absolute atomic E-state index is 0.00676. The number of hydrogen-bond donors (Lipinski definition) is 2. The fourth-order valence-corrected chi connectivity index (χ4v) is 3.92. The van der Waals surface area contributed by atoms with Crippen LogP contribution in [0.15, 0.2) is 59.7 Å². The predicted molar refractivity (Wildman–Crippen MR) is 104 cm³/mol. The van der Waals surface area contributed by atoms with E-state index >= 15 is 0 Å². The lowest BCUT2D eigenvalue weighted by Crippen LogP contribution is -2.26.